The van der Waals surface area contributed by atoms with Gasteiger partial charge in [0.05, 0.1) is 6.42 Å². The molecule has 1 saturated heterocycles. The number of carbonyl (C=O) groups is 1. The van der Waals surface area contributed by atoms with E-state index < -0.39 is 0 Å². The minimum atomic E-state index is 0.0750. The lowest BCUT2D eigenvalue weighted by molar-refractivity contribution is -0.115. The summed E-state index contributed by atoms with van der Waals surface area (Å²) in [5.41, 5.74) is 9.34. The van der Waals surface area contributed by atoms with Gasteiger partial charge in [-0.2, -0.15) is 0 Å². The zero-order chi connectivity index (χ0) is 11.1. The lowest BCUT2D eigenvalue weighted by Gasteiger charge is -2.32. The van der Waals surface area contributed by atoms with Gasteiger partial charge < -0.3 is 16.4 Å². The highest BCUT2D eigenvalue weighted by atomic mass is 16.1. The molecule has 1 fully saturated rings. The van der Waals surface area contributed by atoms with Gasteiger partial charge in [0.1, 0.15) is 0 Å². The Morgan fingerprint density at radius 3 is 2.88 bits per heavy atom. The molecule has 3 rings (SSSR count). The zero-order valence-corrected chi connectivity index (χ0v) is 8.99. The van der Waals surface area contributed by atoms with Gasteiger partial charge in [-0.05, 0) is 17.2 Å². The normalized spacial score (nSPS) is 21.2. The topological polar surface area (TPSA) is 67.2 Å². The van der Waals surface area contributed by atoms with Crippen molar-refractivity contribution in [3.63, 3.8) is 0 Å². The molecule has 1 aromatic rings. The molecule has 0 aliphatic carbocycles. The van der Waals surface area contributed by atoms with Crippen molar-refractivity contribution in [1.29, 1.82) is 0 Å². The van der Waals surface area contributed by atoms with E-state index in [0.717, 1.165) is 29.9 Å². The molecule has 2 aliphatic rings. The summed E-state index contributed by atoms with van der Waals surface area (Å²) in [6.07, 6.45) is 0.485. The SMILES string of the molecule is NC(c1ccc2c(c1)CC(=O)N2)C1CNC1. The van der Waals surface area contributed by atoms with Crippen LogP contribution in [0.4, 0.5) is 5.69 Å². The van der Waals surface area contributed by atoms with Gasteiger partial charge in [-0.25, -0.2) is 0 Å². The first-order valence-corrected chi connectivity index (χ1v) is 5.63. The molecular weight excluding hydrogens is 202 g/mol. The number of anilines is 1. The summed E-state index contributed by atoms with van der Waals surface area (Å²) in [6, 6.07) is 6.13. The van der Waals surface area contributed by atoms with Crippen LogP contribution in [0, 0.1) is 5.92 Å². The second kappa shape index (κ2) is 3.57. The average molecular weight is 217 g/mol. The quantitative estimate of drug-likeness (QED) is 0.671. The molecule has 0 aromatic heterocycles. The van der Waals surface area contributed by atoms with Crippen molar-refractivity contribution in [2.45, 2.75) is 12.5 Å². The Balaban J connectivity index is 1.86. The number of carbonyl (C=O) groups excluding carboxylic acids is 1. The fourth-order valence-corrected chi connectivity index (χ4v) is 2.29. The Morgan fingerprint density at radius 1 is 1.38 bits per heavy atom. The average Bonchev–Trinajstić information content (AvgIpc) is 2.53. The number of nitrogens with one attached hydrogen (secondary N) is 2. The Bertz CT molecular complexity index is 440. The molecule has 1 amide bonds. The van der Waals surface area contributed by atoms with E-state index in [2.05, 4.69) is 16.7 Å². The summed E-state index contributed by atoms with van der Waals surface area (Å²) in [7, 11) is 0. The largest absolute Gasteiger partial charge is 0.326 e. The molecule has 4 heteroatoms. The highest BCUT2D eigenvalue weighted by Crippen LogP contribution is 2.29. The van der Waals surface area contributed by atoms with Crippen molar-refractivity contribution in [2.75, 3.05) is 18.4 Å². The third kappa shape index (κ3) is 1.50. The first kappa shape index (κ1) is 9.81. The second-order valence-electron chi connectivity index (χ2n) is 4.59. The van der Waals surface area contributed by atoms with Gasteiger partial charge in [0.15, 0.2) is 0 Å². The Kier molecular flexibility index (Phi) is 2.19. The molecule has 0 bridgehead atoms. The molecule has 4 N–H and O–H groups in total. The predicted octanol–water partition coefficient (Wildman–Crippen LogP) is 0.400. The fourth-order valence-electron chi connectivity index (χ4n) is 2.29. The van der Waals surface area contributed by atoms with E-state index in [-0.39, 0.29) is 11.9 Å². The third-order valence-corrected chi connectivity index (χ3v) is 3.46. The van der Waals surface area contributed by atoms with E-state index in [1.807, 2.05) is 12.1 Å². The second-order valence-corrected chi connectivity index (χ2v) is 4.59. The van der Waals surface area contributed by atoms with E-state index in [1.165, 1.54) is 0 Å². The predicted molar refractivity (Wildman–Crippen MR) is 62.1 cm³/mol. The minimum Gasteiger partial charge on any atom is -0.326 e. The molecule has 4 nitrogen and oxygen atoms in total. The van der Waals surface area contributed by atoms with Gasteiger partial charge in [0.25, 0.3) is 0 Å². The van der Waals surface area contributed by atoms with E-state index >= 15 is 0 Å². The summed E-state index contributed by atoms with van der Waals surface area (Å²) in [5.74, 6) is 0.606. The van der Waals surface area contributed by atoms with Crippen LogP contribution < -0.4 is 16.4 Å². The molecule has 84 valence electrons. The smallest absolute Gasteiger partial charge is 0.228 e. The van der Waals surface area contributed by atoms with Crippen molar-refractivity contribution in [1.82, 2.24) is 5.32 Å². The van der Waals surface area contributed by atoms with Crippen molar-refractivity contribution < 1.29 is 4.79 Å². The molecule has 0 saturated carbocycles. The number of amides is 1. The first-order chi connectivity index (χ1) is 7.74. The van der Waals surface area contributed by atoms with Crippen LogP contribution in [0.25, 0.3) is 0 Å². The summed E-state index contributed by atoms with van der Waals surface area (Å²) in [6.45, 7) is 1.99. The fraction of sp³-hybridized carbons (Fsp3) is 0.417. The number of fused-ring (bicyclic) bond motifs is 1. The third-order valence-electron chi connectivity index (χ3n) is 3.46. The van der Waals surface area contributed by atoms with Crippen LogP contribution in [-0.4, -0.2) is 19.0 Å². The van der Waals surface area contributed by atoms with Crippen molar-refractivity contribution in [3.8, 4) is 0 Å². The maximum Gasteiger partial charge on any atom is 0.228 e. The van der Waals surface area contributed by atoms with E-state index in [9.17, 15) is 4.79 Å². The number of hydrogen-bond donors (Lipinski definition) is 3. The van der Waals surface area contributed by atoms with Crippen LogP contribution in [0.15, 0.2) is 18.2 Å². The molecule has 1 aromatic carbocycles. The zero-order valence-electron chi connectivity index (χ0n) is 8.99. The lowest BCUT2D eigenvalue weighted by atomic mass is 9.88. The highest BCUT2D eigenvalue weighted by Gasteiger charge is 2.26. The summed E-state index contributed by atoms with van der Waals surface area (Å²) in [5, 5.41) is 6.05. The van der Waals surface area contributed by atoms with Crippen molar-refractivity contribution in [3.05, 3.63) is 29.3 Å². The molecule has 0 spiro atoms. The number of hydrogen-bond acceptors (Lipinski definition) is 3. The molecule has 2 heterocycles. The van der Waals surface area contributed by atoms with Gasteiger partial charge in [-0.15, -0.1) is 0 Å². The van der Waals surface area contributed by atoms with Gasteiger partial charge >= 0.3 is 0 Å². The lowest BCUT2D eigenvalue weighted by Crippen LogP contribution is -2.47. The van der Waals surface area contributed by atoms with E-state index in [0.29, 0.717) is 12.3 Å². The maximum absolute atomic E-state index is 11.2. The van der Waals surface area contributed by atoms with Gasteiger partial charge in [0.2, 0.25) is 5.91 Å². The van der Waals surface area contributed by atoms with Crippen LogP contribution in [0.3, 0.4) is 0 Å². The maximum atomic E-state index is 11.2. The Hall–Kier alpha value is -1.39. The summed E-state index contributed by atoms with van der Waals surface area (Å²) >= 11 is 0. The standard InChI is InChI=1S/C12H15N3O/c13-12(9-5-14-6-9)7-1-2-10-8(3-7)4-11(16)15-10/h1-3,9,12,14H,4-6,13H2,(H,15,16). The van der Waals surface area contributed by atoms with Crippen molar-refractivity contribution >= 4 is 11.6 Å². The number of rotatable bonds is 2. The monoisotopic (exact) mass is 217 g/mol. The van der Waals surface area contributed by atoms with E-state index in [4.69, 9.17) is 5.73 Å². The van der Waals surface area contributed by atoms with Crippen LogP contribution in [0.1, 0.15) is 17.2 Å². The summed E-state index contributed by atoms with van der Waals surface area (Å²) in [4.78, 5) is 11.2. The van der Waals surface area contributed by atoms with Crippen LogP contribution >= 0.6 is 0 Å². The van der Waals surface area contributed by atoms with Crippen LogP contribution in [-0.2, 0) is 11.2 Å². The minimum absolute atomic E-state index is 0.0750. The molecule has 0 radical (unpaired) electrons. The number of benzene rings is 1. The van der Waals surface area contributed by atoms with Crippen LogP contribution in [0.2, 0.25) is 0 Å². The van der Waals surface area contributed by atoms with Gasteiger partial charge in [-0.3, -0.25) is 4.79 Å². The molecule has 1 atom stereocenters. The molecule has 1 unspecified atom stereocenters. The van der Waals surface area contributed by atoms with E-state index in [1.54, 1.807) is 0 Å². The van der Waals surface area contributed by atoms with Crippen LogP contribution in [0.5, 0.6) is 0 Å². The summed E-state index contributed by atoms with van der Waals surface area (Å²) < 4.78 is 0. The Labute approximate surface area is 94.2 Å². The number of nitrogens with two attached hydrogens (primary N) is 1. The molecule has 2 aliphatic heterocycles. The van der Waals surface area contributed by atoms with Crippen molar-refractivity contribution in [2.24, 2.45) is 11.7 Å². The molecular formula is C12H15N3O. The highest BCUT2D eigenvalue weighted by molar-refractivity contribution is 5.99. The Morgan fingerprint density at radius 2 is 2.19 bits per heavy atom. The first-order valence-electron chi connectivity index (χ1n) is 5.63. The van der Waals surface area contributed by atoms with Gasteiger partial charge in [-0.1, -0.05) is 12.1 Å². The molecule has 16 heavy (non-hydrogen) atoms. The van der Waals surface area contributed by atoms with Gasteiger partial charge in [0, 0.05) is 30.7 Å².